The monoisotopic (exact) mass is 322 g/mol. The van der Waals surface area contributed by atoms with Gasteiger partial charge in [0.15, 0.2) is 15.1 Å². The average Bonchev–Trinajstić information content (AvgIpc) is 2.54. The van der Waals surface area contributed by atoms with Crippen molar-refractivity contribution in [2.45, 2.75) is 35.8 Å². The Labute approximate surface area is 132 Å². The first-order valence-electron chi connectivity index (χ1n) is 7.16. The van der Waals surface area contributed by atoms with E-state index in [4.69, 9.17) is 0 Å². The average molecular weight is 322 g/mol. The molecule has 0 aromatic heterocycles. The Kier molecular flexibility index (Phi) is 7.60. The maximum atomic E-state index is 12.6. The number of hydrogen-bond donors (Lipinski definition) is 0. The number of esters is 1. The van der Waals surface area contributed by atoms with Gasteiger partial charge >= 0.3 is 5.97 Å². The third-order valence-electron chi connectivity index (χ3n) is 3.21. The summed E-state index contributed by atoms with van der Waals surface area (Å²) in [5.74, 6) is -0.736. The molecule has 0 radical (unpaired) electrons. The number of hydrogen-bond acceptors (Lipinski definition) is 4. The van der Waals surface area contributed by atoms with Gasteiger partial charge in [-0.3, -0.25) is 4.79 Å². The predicted molar refractivity (Wildman–Crippen MR) is 87.2 cm³/mol. The summed E-state index contributed by atoms with van der Waals surface area (Å²) >= 11 is 0. The quantitative estimate of drug-likeness (QED) is 0.397. The van der Waals surface area contributed by atoms with Crippen molar-refractivity contribution in [1.82, 2.24) is 0 Å². The van der Waals surface area contributed by atoms with Gasteiger partial charge in [-0.1, -0.05) is 36.4 Å². The molecule has 0 aliphatic carbocycles. The van der Waals surface area contributed by atoms with Gasteiger partial charge in [-0.15, -0.1) is 6.58 Å². The molecule has 0 saturated carbocycles. The van der Waals surface area contributed by atoms with Crippen LogP contribution in [0.2, 0.25) is 0 Å². The summed E-state index contributed by atoms with van der Waals surface area (Å²) in [6, 6.07) is 7.96. The molecule has 0 heterocycles. The number of rotatable bonds is 9. The molecule has 0 bridgehead atoms. The summed E-state index contributed by atoms with van der Waals surface area (Å²) in [6.45, 7) is 3.64. The molecular weight excluding hydrogens is 300 g/mol. The molecule has 0 fully saturated rings. The second kappa shape index (κ2) is 9.20. The predicted octanol–water partition coefficient (Wildman–Crippen LogP) is 3.30. The lowest BCUT2D eigenvalue weighted by Gasteiger charge is -2.14. The van der Waals surface area contributed by atoms with Gasteiger partial charge in [0.2, 0.25) is 0 Å². The molecule has 0 N–H and O–H groups in total. The highest BCUT2D eigenvalue weighted by Gasteiger charge is 2.33. The third-order valence-corrected chi connectivity index (χ3v) is 5.27. The van der Waals surface area contributed by atoms with Crippen LogP contribution in [0.25, 0.3) is 0 Å². The molecule has 1 atom stereocenters. The van der Waals surface area contributed by atoms with E-state index in [9.17, 15) is 13.2 Å². The summed E-state index contributed by atoms with van der Waals surface area (Å²) in [7, 11) is -2.55. The Morgan fingerprint density at radius 2 is 1.91 bits per heavy atom. The summed E-state index contributed by atoms with van der Waals surface area (Å²) in [5, 5.41) is -1.21. The van der Waals surface area contributed by atoms with Crippen LogP contribution in [0, 0.1) is 0 Å². The molecule has 0 amide bonds. The summed E-state index contributed by atoms with van der Waals surface area (Å²) in [6.07, 6.45) is 8.25. The van der Waals surface area contributed by atoms with Crippen LogP contribution in [0.15, 0.2) is 60.0 Å². The van der Waals surface area contributed by atoms with E-state index in [0.29, 0.717) is 0 Å². The third kappa shape index (κ3) is 5.15. The van der Waals surface area contributed by atoms with Crippen molar-refractivity contribution in [3.63, 3.8) is 0 Å². The second-order valence-electron chi connectivity index (χ2n) is 4.80. The van der Waals surface area contributed by atoms with Crippen molar-refractivity contribution in [3.05, 3.63) is 55.1 Å². The van der Waals surface area contributed by atoms with E-state index in [2.05, 4.69) is 11.3 Å². The zero-order valence-electron chi connectivity index (χ0n) is 12.8. The zero-order chi connectivity index (χ0) is 16.4. The van der Waals surface area contributed by atoms with Crippen LogP contribution in [-0.2, 0) is 19.4 Å². The molecule has 0 saturated heterocycles. The fraction of sp³-hybridized carbons (Fsp3) is 0.353. The van der Waals surface area contributed by atoms with E-state index in [0.717, 1.165) is 19.3 Å². The maximum absolute atomic E-state index is 12.6. The van der Waals surface area contributed by atoms with Crippen molar-refractivity contribution in [1.29, 1.82) is 0 Å². The van der Waals surface area contributed by atoms with Crippen LogP contribution in [0.1, 0.15) is 25.7 Å². The van der Waals surface area contributed by atoms with Gasteiger partial charge in [0.1, 0.15) is 0 Å². The van der Waals surface area contributed by atoms with E-state index in [-0.39, 0.29) is 11.3 Å². The lowest BCUT2D eigenvalue weighted by molar-refractivity contribution is -0.140. The molecule has 1 aromatic rings. The van der Waals surface area contributed by atoms with E-state index in [1.807, 2.05) is 12.2 Å². The molecule has 1 rings (SSSR count). The summed E-state index contributed by atoms with van der Waals surface area (Å²) in [4.78, 5) is 12.0. The number of benzene rings is 1. The molecule has 4 nitrogen and oxygen atoms in total. The normalized spacial score (nSPS) is 13.0. The van der Waals surface area contributed by atoms with Crippen LogP contribution in [-0.4, -0.2) is 26.7 Å². The highest BCUT2D eigenvalue weighted by Crippen LogP contribution is 2.20. The first-order chi connectivity index (χ1) is 10.5. The van der Waals surface area contributed by atoms with Gasteiger partial charge in [-0.2, -0.15) is 0 Å². The molecule has 120 valence electrons. The van der Waals surface area contributed by atoms with Crippen molar-refractivity contribution < 1.29 is 17.9 Å². The molecule has 0 spiro atoms. The number of carbonyl (C=O) groups is 1. The minimum atomic E-state index is -3.75. The Morgan fingerprint density at radius 3 is 2.50 bits per heavy atom. The first-order valence-corrected chi connectivity index (χ1v) is 8.71. The van der Waals surface area contributed by atoms with E-state index in [1.165, 1.54) is 19.2 Å². The van der Waals surface area contributed by atoms with Gasteiger partial charge in [0.25, 0.3) is 0 Å². The highest BCUT2D eigenvalue weighted by molar-refractivity contribution is 7.92. The Morgan fingerprint density at radius 1 is 1.23 bits per heavy atom. The second-order valence-corrected chi connectivity index (χ2v) is 6.93. The van der Waals surface area contributed by atoms with Gasteiger partial charge in [0, 0.05) is 0 Å². The fourth-order valence-electron chi connectivity index (χ4n) is 1.97. The van der Waals surface area contributed by atoms with Gasteiger partial charge in [-0.25, -0.2) is 8.42 Å². The van der Waals surface area contributed by atoms with Crippen LogP contribution in [0.5, 0.6) is 0 Å². The topological polar surface area (TPSA) is 60.4 Å². The van der Waals surface area contributed by atoms with Gasteiger partial charge in [-0.05, 0) is 37.8 Å². The summed E-state index contributed by atoms with van der Waals surface area (Å²) < 4.78 is 29.8. The Bertz CT molecular complexity index is 603. The van der Waals surface area contributed by atoms with E-state index < -0.39 is 21.1 Å². The van der Waals surface area contributed by atoms with Gasteiger partial charge in [0.05, 0.1) is 12.0 Å². The van der Waals surface area contributed by atoms with Gasteiger partial charge < -0.3 is 4.74 Å². The lowest BCUT2D eigenvalue weighted by atomic mass is 10.2. The Hall–Kier alpha value is -1.88. The molecule has 0 aliphatic rings. The van der Waals surface area contributed by atoms with Crippen LogP contribution in [0.4, 0.5) is 0 Å². The van der Waals surface area contributed by atoms with Crippen LogP contribution in [0.3, 0.4) is 0 Å². The standard InChI is InChI=1S/C17H22O4S/c1-3-4-5-6-7-11-14-16(17(18)21-2)22(19,20)15-12-9-8-10-13-15/h3,7-13,16H,1,4-6,14H2,2H3/b11-7+. The zero-order valence-corrected chi connectivity index (χ0v) is 13.6. The summed E-state index contributed by atoms with van der Waals surface area (Å²) in [5.41, 5.74) is 0. The minimum Gasteiger partial charge on any atom is -0.468 e. The SMILES string of the molecule is C=CCCC/C=C/CC(C(=O)OC)S(=O)(=O)c1ccccc1. The molecule has 22 heavy (non-hydrogen) atoms. The number of allylic oxidation sites excluding steroid dienone is 3. The number of methoxy groups -OCH3 is 1. The fourth-order valence-corrected chi connectivity index (χ4v) is 3.55. The minimum absolute atomic E-state index is 0.109. The molecule has 1 unspecified atom stereocenters. The van der Waals surface area contributed by atoms with Crippen molar-refractivity contribution in [2.75, 3.05) is 7.11 Å². The molecule has 0 aliphatic heterocycles. The van der Waals surface area contributed by atoms with Crippen LogP contribution < -0.4 is 0 Å². The molecular formula is C17H22O4S. The highest BCUT2D eigenvalue weighted by atomic mass is 32.2. The van der Waals surface area contributed by atoms with E-state index in [1.54, 1.807) is 24.3 Å². The number of sulfone groups is 1. The molecule has 1 aromatic carbocycles. The number of carbonyl (C=O) groups excluding carboxylic acids is 1. The van der Waals surface area contributed by atoms with E-state index >= 15 is 0 Å². The Balaban J connectivity index is 2.85. The smallest absolute Gasteiger partial charge is 0.324 e. The lowest BCUT2D eigenvalue weighted by Crippen LogP contribution is -2.31. The number of unbranched alkanes of at least 4 members (excludes halogenated alkanes) is 2. The largest absolute Gasteiger partial charge is 0.468 e. The van der Waals surface area contributed by atoms with Crippen molar-refractivity contribution in [3.8, 4) is 0 Å². The molecule has 5 heteroatoms. The van der Waals surface area contributed by atoms with Crippen molar-refractivity contribution in [2.24, 2.45) is 0 Å². The first kappa shape index (κ1) is 18.2. The van der Waals surface area contributed by atoms with Crippen molar-refractivity contribution >= 4 is 15.8 Å². The van der Waals surface area contributed by atoms with Crippen LogP contribution >= 0.6 is 0 Å². The number of ether oxygens (including phenoxy) is 1. The maximum Gasteiger partial charge on any atom is 0.324 e.